The molecular weight excluding hydrogens is 411 g/mol. The minimum Gasteiger partial charge on any atom is -0.357 e. The monoisotopic (exact) mass is 448 g/mol. The van der Waals surface area contributed by atoms with Crippen molar-refractivity contribution in [1.82, 2.24) is 15.5 Å². The normalized spacial score (nSPS) is 22.0. The Morgan fingerprint density at radius 2 is 1.88 bits per heavy atom. The van der Waals surface area contributed by atoms with Crippen LogP contribution in [0.4, 0.5) is 0 Å². The number of likely N-dealkylation sites (tertiary alicyclic amines) is 1. The van der Waals surface area contributed by atoms with Crippen molar-refractivity contribution in [3.8, 4) is 0 Å². The topological polar surface area (TPSA) is 39.7 Å². The number of nitrogens with one attached hydrogen (secondary N) is 2. The Morgan fingerprint density at radius 3 is 2.42 bits per heavy atom. The SMILES string of the molecule is C=C(C)CN1CCC(NC(=NCC2(C)CCCC2)NCC)CC1.I. The number of piperidine rings is 1. The molecule has 1 aliphatic carbocycles. The Balaban J connectivity index is 0.00000288. The van der Waals surface area contributed by atoms with Crippen molar-refractivity contribution in [2.75, 3.05) is 32.7 Å². The van der Waals surface area contributed by atoms with Crippen molar-refractivity contribution in [2.24, 2.45) is 10.4 Å². The first kappa shape index (κ1) is 21.7. The molecule has 0 bridgehead atoms. The zero-order valence-corrected chi connectivity index (χ0v) is 18.2. The molecule has 5 heteroatoms. The smallest absolute Gasteiger partial charge is 0.191 e. The van der Waals surface area contributed by atoms with E-state index in [2.05, 4.69) is 42.9 Å². The summed E-state index contributed by atoms with van der Waals surface area (Å²) in [4.78, 5) is 7.40. The molecule has 0 radical (unpaired) electrons. The highest BCUT2D eigenvalue weighted by atomic mass is 127. The first-order chi connectivity index (χ1) is 11.0. The van der Waals surface area contributed by atoms with Crippen molar-refractivity contribution in [2.45, 2.75) is 65.3 Å². The van der Waals surface area contributed by atoms with Crippen molar-refractivity contribution in [1.29, 1.82) is 0 Å². The molecule has 0 aromatic heterocycles. The fraction of sp³-hybridized carbons (Fsp3) is 0.842. The molecule has 0 aromatic carbocycles. The van der Waals surface area contributed by atoms with E-state index in [-0.39, 0.29) is 24.0 Å². The maximum absolute atomic E-state index is 4.90. The minimum absolute atomic E-state index is 0. The Labute approximate surface area is 166 Å². The van der Waals surface area contributed by atoms with Crippen molar-refractivity contribution >= 4 is 29.9 Å². The summed E-state index contributed by atoms with van der Waals surface area (Å²) in [5.41, 5.74) is 1.68. The molecule has 1 aliphatic heterocycles. The van der Waals surface area contributed by atoms with Crippen LogP contribution in [0.15, 0.2) is 17.1 Å². The molecular formula is C19H37IN4. The maximum Gasteiger partial charge on any atom is 0.191 e. The van der Waals surface area contributed by atoms with E-state index in [1.54, 1.807) is 0 Å². The third-order valence-electron chi connectivity index (χ3n) is 5.20. The number of halogens is 1. The minimum atomic E-state index is 0. The third kappa shape index (κ3) is 7.30. The quantitative estimate of drug-likeness (QED) is 0.281. The van der Waals surface area contributed by atoms with E-state index in [1.165, 1.54) is 44.1 Å². The van der Waals surface area contributed by atoms with Gasteiger partial charge in [-0.25, -0.2) is 0 Å². The summed E-state index contributed by atoms with van der Waals surface area (Å²) in [6.07, 6.45) is 7.78. The van der Waals surface area contributed by atoms with Crippen LogP contribution in [0.2, 0.25) is 0 Å². The van der Waals surface area contributed by atoms with E-state index < -0.39 is 0 Å². The molecule has 0 atom stereocenters. The predicted molar refractivity (Wildman–Crippen MR) is 115 cm³/mol. The second-order valence-electron chi connectivity index (χ2n) is 7.86. The van der Waals surface area contributed by atoms with E-state index >= 15 is 0 Å². The Morgan fingerprint density at radius 1 is 1.25 bits per heavy atom. The lowest BCUT2D eigenvalue weighted by molar-refractivity contribution is 0.221. The largest absolute Gasteiger partial charge is 0.357 e. The van der Waals surface area contributed by atoms with Crippen LogP contribution < -0.4 is 10.6 Å². The van der Waals surface area contributed by atoms with Gasteiger partial charge < -0.3 is 10.6 Å². The number of nitrogens with zero attached hydrogens (tertiary/aromatic N) is 2. The van der Waals surface area contributed by atoms with Crippen LogP contribution >= 0.6 is 24.0 Å². The van der Waals surface area contributed by atoms with Gasteiger partial charge >= 0.3 is 0 Å². The summed E-state index contributed by atoms with van der Waals surface area (Å²) >= 11 is 0. The van der Waals surface area contributed by atoms with E-state index in [0.717, 1.165) is 38.7 Å². The zero-order chi connectivity index (χ0) is 16.7. The highest BCUT2D eigenvalue weighted by Gasteiger charge is 2.28. The van der Waals surface area contributed by atoms with E-state index in [1.807, 2.05) is 0 Å². The molecule has 0 spiro atoms. The second kappa shape index (κ2) is 10.6. The summed E-state index contributed by atoms with van der Waals surface area (Å²) in [5.74, 6) is 1.01. The van der Waals surface area contributed by atoms with Crippen molar-refractivity contribution in [3.05, 3.63) is 12.2 Å². The predicted octanol–water partition coefficient (Wildman–Crippen LogP) is 3.78. The van der Waals surface area contributed by atoms with Crippen LogP contribution in [0.3, 0.4) is 0 Å². The summed E-state index contributed by atoms with van der Waals surface area (Å²) in [6, 6.07) is 0.547. The number of rotatable bonds is 6. The number of guanidine groups is 1. The number of hydrogen-bond acceptors (Lipinski definition) is 2. The standard InChI is InChI=1S/C19H36N4.HI/c1-5-20-18(21-15-19(4)10-6-7-11-19)22-17-8-12-23(13-9-17)14-16(2)3;/h17H,2,5-15H2,1,3-4H3,(H2,20,21,22);1H. The number of hydrogen-bond donors (Lipinski definition) is 2. The molecule has 1 saturated carbocycles. The highest BCUT2D eigenvalue weighted by Crippen LogP contribution is 2.37. The second-order valence-corrected chi connectivity index (χ2v) is 7.86. The van der Waals surface area contributed by atoms with Crippen LogP contribution in [-0.2, 0) is 0 Å². The lowest BCUT2D eigenvalue weighted by atomic mass is 9.89. The average molecular weight is 448 g/mol. The maximum atomic E-state index is 4.90. The van der Waals surface area contributed by atoms with Gasteiger partial charge in [-0.05, 0) is 44.9 Å². The molecule has 1 heterocycles. The van der Waals surface area contributed by atoms with Crippen LogP contribution in [0.25, 0.3) is 0 Å². The molecule has 0 aromatic rings. The first-order valence-electron chi connectivity index (χ1n) is 9.42. The Hall–Kier alpha value is -0.300. The molecule has 2 N–H and O–H groups in total. The van der Waals surface area contributed by atoms with Crippen LogP contribution in [0, 0.1) is 5.41 Å². The van der Waals surface area contributed by atoms with Crippen molar-refractivity contribution < 1.29 is 0 Å². The average Bonchev–Trinajstić information content (AvgIpc) is 2.94. The van der Waals surface area contributed by atoms with E-state index in [4.69, 9.17) is 4.99 Å². The van der Waals surface area contributed by atoms with Crippen LogP contribution in [0.1, 0.15) is 59.3 Å². The summed E-state index contributed by atoms with van der Waals surface area (Å²) in [5, 5.41) is 7.09. The van der Waals surface area contributed by atoms with Gasteiger partial charge in [-0.15, -0.1) is 24.0 Å². The van der Waals surface area contributed by atoms with Gasteiger partial charge in [-0.2, -0.15) is 0 Å². The fourth-order valence-electron chi connectivity index (χ4n) is 3.79. The number of aliphatic imine (C=N–C) groups is 1. The van der Waals surface area contributed by atoms with E-state index in [9.17, 15) is 0 Å². The molecule has 2 aliphatic rings. The van der Waals surface area contributed by atoms with Gasteiger partial charge in [0.25, 0.3) is 0 Å². The van der Waals surface area contributed by atoms with Gasteiger partial charge in [0.2, 0.25) is 0 Å². The van der Waals surface area contributed by atoms with Gasteiger partial charge in [0.1, 0.15) is 0 Å². The Bertz CT molecular complexity index is 408. The lowest BCUT2D eigenvalue weighted by Crippen LogP contribution is -2.49. The zero-order valence-electron chi connectivity index (χ0n) is 15.9. The first-order valence-corrected chi connectivity index (χ1v) is 9.42. The fourth-order valence-corrected chi connectivity index (χ4v) is 3.79. The van der Waals surface area contributed by atoms with Gasteiger partial charge in [-0.3, -0.25) is 9.89 Å². The molecule has 1 saturated heterocycles. The lowest BCUT2D eigenvalue weighted by Gasteiger charge is -2.33. The molecule has 24 heavy (non-hydrogen) atoms. The molecule has 0 amide bonds. The summed E-state index contributed by atoms with van der Waals surface area (Å²) in [7, 11) is 0. The van der Waals surface area contributed by atoms with Gasteiger partial charge in [0.05, 0.1) is 0 Å². The van der Waals surface area contributed by atoms with Gasteiger partial charge in [0.15, 0.2) is 5.96 Å². The molecule has 4 nitrogen and oxygen atoms in total. The molecule has 0 unspecified atom stereocenters. The van der Waals surface area contributed by atoms with Crippen LogP contribution in [-0.4, -0.2) is 49.6 Å². The van der Waals surface area contributed by atoms with Crippen molar-refractivity contribution in [3.63, 3.8) is 0 Å². The van der Waals surface area contributed by atoms with Gasteiger partial charge in [-0.1, -0.05) is 31.9 Å². The molecule has 2 rings (SSSR count). The summed E-state index contributed by atoms with van der Waals surface area (Å²) in [6.45, 7) is 15.9. The van der Waals surface area contributed by atoms with E-state index in [0.29, 0.717) is 11.5 Å². The molecule has 2 fully saturated rings. The molecule has 140 valence electrons. The van der Waals surface area contributed by atoms with Crippen LogP contribution in [0.5, 0.6) is 0 Å². The Kier molecular flexibility index (Phi) is 9.64. The summed E-state index contributed by atoms with van der Waals surface area (Å²) < 4.78 is 0. The highest BCUT2D eigenvalue weighted by molar-refractivity contribution is 14.0. The van der Waals surface area contributed by atoms with Gasteiger partial charge in [0, 0.05) is 38.8 Å². The third-order valence-corrected chi connectivity index (χ3v) is 5.20.